The van der Waals surface area contributed by atoms with E-state index in [1.807, 2.05) is 0 Å². The Morgan fingerprint density at radius 3 is 1.33 bits per heavy atom. The van der Waals surface area contributed by atoms with Crippen LogP contribution in [0.2, 0.25) is 0 Å². The molecule has 0 rings (SSSR count). The van der Waals surface area contributed by atoms with E-state index >= 15 is 0 Å². The van der Waals surface area contributed by atoms with E-state index < -0.39 is 0 Å². The Labute approximate surface area is 79.9 Å². The van der Waals surface area contributed by atoms with Crippen LogP contribution in [0.15, 0.2) is 0 Å². The Morgan fingerprint density at radius 1 is 0.833 bits per heavy atom. The van der Waals surface area contributed by atoms with Crippen molar-refractivity contribution in [1.82, 2.24) is 0 Å². The molecule has 74 valence electrons. The largest absolute Gasteiger partial charge is 0.0983 e. The van der Waals surface area contributed by atoms with Gasteiger partial charge in [-0.2, -0.15) is 0 Å². The second kappa shape index (κ2) is 5.97. The third-order valence-electron chi connectivity index (χ3n) is 2.80. The molecular weight excluding hydrogens is 163 g/mol. The average molecular weight is 188 g/mol. The summed E-state index contributed by atoms with van der Waals surface area (Å²) in [6.45, 7) is 14.3. The summed E-state index contributed by atoms with van der Waals surface area (Å²) in [4.78, 5) is 0. The lowest BCUT2D eigenvalue weighted by Gasteiger charge is -2.32. The third-order valence-corrected chi connectivity index (χ3v) is 6.75. The molecule has 0 saturated heterocycles. The van der Waals surface area contributed by atoms with Gasteiger partial charge in [0.05, 0.1) is 0 Å². The second-order valence-corrected chi connectivity index (χ2v) is 7.75. The van der Waals surface area contributed by atoms with E-state index in [4.69, 9.17) is 0 Å². The molecule has 0 saturated carbocycles. The van der Waals surface area contributed by atoms with Crippen LogP contribution in [-0.2, 0) is 0 Å². The van der Waals surface area contributed by atoms with Gasteiger partial charge in [-0.15, -0.1) is 0 Å². The zero-order valence-electron chi connectivity index (χ0n) is 9.59. The highest BCUT2D eigenvalue weighted by molar-refractivity contribution is 7.59. The van der Waals surface area contributed by atoms with Crippen LogP contribution in [0.1, 0.15) is 54.4 Å². The highest BCUT2D eigenvalue weighted by Gasteiger charge is 2.23. The molecule has 0 aromatic heterocycles. The van der Waals surface area contributed by atoms with Crippen molar-refractivity contribution in [1.29, 1.82) is 0 Å². The van der Waals surface area contributed by atoms with Crippen LogP contribution < -0.4 is 0 Å². The van der Waals surface area contributed by atoms with E-state index in [2.05, 4.69) is 41.5 Å². The van der Waals surface area contributed by atoms with E-state index in [1.54, 1.807) is 0 Å². The van der Waals surface area contributed by atoms with Crippen molar-refractivity contribution in [2.24, 2.45) is 0 Å². The second-order valence-electron chi connectivity index (χ2n) is 4.06. The summed E-state index contributed by atoms with van der Waals surface area (Å²) in [5, 5.41) is 0. The first-order chi connectivity index (χ1) is 5.54. The Morgan fingerprint density at radius 2 is 1.17 bits per heavy atom. The van der Waals surface area contributed by atoms with Crippen molar-refractivity contribution >= 4 is 7.92 Å². The van der Waals surface area contributed by atoms with Crippen LogP contribution in [0, 0.1) is 0 Å². The zero-order valence-corrected chi connectivity index (χ0v) is 10.5. The van der Waals surface area contributed by atoms with Crippen molar-refractivity contribution in [3.8, 4) is 0 Å². The van der Waals surface area contributed by atoms with Crippen molar-refractivity contribution in [2.45, 2.75) is 71.4 Å². The van der Waals surface area contributed by atoms with Crippen molar-refractivity contribution in [2.75, 3.05) is 0 Å². The van der Waals surface area contributed by atoms with Gasteiger partial charge in [0.2, 0.25) is 0 Å². The van der Waals surface area contributed by atoms with Crippen molar-refractivity contribution in [3.05, 3.63) is 0 Å². The summed E-state index contributed by atoms with van der Waals surface area (Å²) in [5.41, 5.74) is 2.81. The van der Waals surface area contributed by atoms with Gasteiger partial charge in [0, 0.05) is 0 Å². The molecule has 0 aliphatic carbocycles. The molecule has 0 N–H and O–H groups in total. The summed E-state index contributed by atoms with van der Waals surface area (Å²) < 4.78 is 0. The normalized spacial score (nSPS) is 19.2. The lowest BCUT2D eigenvalue weighted by molar-refractivity contribution is 0.812. The maximum absolute atomic E-state index is 2.43. The zero-order chi connectivity index (χ0) is 9.72. The molecule has 2 unspecified atom stereocenters. The fourth-order valence-corrected chi connectivity index (χ4v) is 5.62. The first-order valence-corrected chi connectivity index (χ1v) is 6.86. The molecule has 0 aliphatic rings. The van der Waals surface area contributed by atoms with Gasteiger partial charge in [0.1, 0.15) is 0 Å². The summed E-state index contributed by atoms with van der Waals surface area (Å²) in [6.07, 6.45) is 2.71. The molecule has 12 heavy (non-hydrogen) atoms. The molecule has 0 nitrogen and oxygen atoms in total. The molecule has 1 heteroatoms. The Balaban J connectivity index is 4.21. The lowest BCUT2D eigenvalue weighted by atomic mass is 10.4. The van der Waals surface area contributed by atoms with Gasteiger partial charge < -0.3 is 0 Å². The van der Waals surface area contributed by atoms with Gasteiger partial charge in [-0.3, -0.25) is 0 Å². The summed E-state index contributed by atoms with van der Waals surface area (Å²) >= 11 is 0. The highest BCUT2D eigenvalue weighted by Crippen LogP contribution is 2.52. The van der Waals surface area contributed by atoms with Crippen molar-refractivity contribution < 1.29 is 0 Å². The molecule has 0 amide bonds. The molecule has 0 radical (unpaired) electrons. The predicted octanol–water partition coefficient (Wildman–Crippen LogP) is 4.47. The SMILES string of the molecule is CCC(C)P(C(C)C)C(C)CC. The standard InChI is InChI=1S/C11H25P/c1-7-10(5)12(9(3)4)11(6)8-2/h9-11H,7-8H2,1-6H3. The number of rotatable bonds is 5. The summed E-state index contributed by atoms with van der Waals surface area (Å²) in [5.74, 6) is 0. The molecule has 0 aromatic rings. The fraction of sp³-hybridized carbons (Fsp3) is 1.00. The molecule has 0 fully saturated rings. The molecular formula is C11H25P. The van der Waals surface area contributed by atoms with Crippen LogP contribution in [0.3, 0.4) is 0 Å². The fourth-order valence-electron chi connectivity index (χ4n) is 1.87. The smallest absolute Gasteiger partial charge is 0.0236 e. The van der Waals surface area contributed by atoms with Crippen LogP contribution >= 0.6 is 7.92 Å². The maximum atomic E-state index is 2.43. The molecule has 0 spiro atoms. The third kappa shape index (κ3) is 3.44. The van der Waals surface area contributed by atoms with Gasteiger partial charge in [0.15, 0.2) is 0 Å². The van der Waals surface area contributed by atoms with Crippen LogP contribution in [-0.4, -0.2) is 17.0 Å². The van der Waals surface area contributed by atoms with Gasteiger partial charge in [-0.1, -0.05) is 49.5 Å². The topological polar surface area (TPSA) is 0 Å². The number of hydrogen-bond acceptors (Lipinski definition) is 0. The summed E-state index contributed by atoms with van der Waals surface area (Å²) in [7, 11) is 0.258. The quantitative estimate of drug-likeness (QED) is 0.558. The minimum Gasteiger partial charge on any atom is -0.0983 e. The monoisotopic (exact) mass is 188 g/mol. The molecule has 0 aliphatic heterocycles. The van der Waals surface area contributed by atoms with E-state index in [9.17, 15) is 0 Å². The van der Waals surface area contributed by atoms with E-state index in [0.717, 1.165) is 17.0 Å². The summed E-state index contributed by atoms with van der Waals surface area (Å²) in [6, 6.07) is 0. The molecule has 2 atom stereocenters. The van der Waals surface area contributed by atoms with E-state index in [1.165, 1.54) is 12.8 Å². The average Bonchev–Trinajstić information content (AvgIpc) is 2.03. The van der Waals surface area contributed by atoms with Crippen LogP contribution in [0.5, 0.6) is 0 Å². The first-order valence-electron chi connectivity index (χ1n) is 5.31. The van der Waals surface area contributed by atoms with E-state index in [-0.39, 0.29) is 7.92 Å². The van der Waals surface area contributed by atoms with E-state index in [0.29, 0.717) is 0 Å². The van der Waals surface area contributed by atoms with Gasteiger partial charge in [0.25, 0.3) is 0 Å². The number of hydrogen-bond donors (Lipinski definition) is 0. The molecule has 0 heterocycles. The van der Waals surface area contributed by atoms with Crippen LogP contribution in [0.25, 0.3) is 0 Å². The van der Waals surface area contributed by atoms with Gasteiger partial charge in [-0.25, -0.2) is 0 Å². The Hall–Kier alpha value is 0.430. The first kappa shape index (κ1) is 12.4. The lowest BCUT2D eigenvalue weighted by Crippen LogP contribution is -2.15. The predicted molar refractivity (Wildman–Crippen MR) is 61.6 cm³/mol. The Bertz CT molecular complexity index is 99.6. The van der Waals surface area contributed by atoms with Gasteiger partial charge in [-0.05, 0) is 29.8 Å². The Kier molecular flexibility index (Phi) is 6.19. The molecule has 0 bridgehead atoms. The van der Waals surface area contributed by atoms with Crippen LogP contribution in [0.4, 0.5) is 0 Å². The minimum absolute atomic E-state index is 0.258. The molecule has 0 aromatic carbocycles. The highest BCUT2D eigenvalue weighted by atomic mass is 31.1. The van der Waals surface area contributed by atoms with Gasteiger partial charge >= 0.3 is 0 Å². The van der Waals surface area contributed by atoms with Crippen molar-refractivity contribution in [3.63, 3.8) is 0 Å². The maximum Gasteiger partial charge on any atom is -0.0236 e. The minimum atomic E-state index is 0.258.